The third-order valence-corrected chi connectivity index (χ3v) is 5.40. The summed E-state index contributed by atoms with van der Waals surface area (Å²) in [6.45, 7) is 5.11. The Morgan fingerprint density at radius 1 is 1.35 bits per heavy atom. The number of hydrogen-bond donors (Lipinski definition) is 1. The molecule has 5 nitrogen and oxygen atoms in total. The van der Waals surface area contributed by atoms with Crippen LogP contribution in [0.4, 0.5) is 5.69 Å². The molecule has 2 aliphatic rings. The van der Waals surface area contributed by atoms with Gasteiger partial charge in [-0.25, -0.2) is 0 Å². The average Bonchev–Trinajstić information content (AvgIpc) is 3.20. The fourth-order valence-corrected chi connectivity index (χ4v) is 4.17. The minimum Gasteiger partial charge on any atom is -0.381 e. The molecule has 1 aromatic carbocycles. The topological polar surface area (TPSA) is 58.6 Å². The lowest BCUT2D eigenvalue weighted by Crippen LogP contribution is -2.47. The van der Waals surface area contributed by atoms with E-state index < -0.39 is 6.04 Å². The molecule has 1 N–H and O–H groups in total. The largest absolute Gasteiger partial charge is 0.381 e. The van der Waals surface area contributed by atoms with Crippen molar-refractivity contribution in [2.75, 3.05) is 30.2 Å². The van der Waals surface area contributed by atoms with Crippen molar-refractivity contribution in [3.63, 3.8) is 0 Å². The summed E-state index contributed by atoms with van der Waals surface area (Å²) in [6, 6.07) is 5.54. The molecule has 0 saturated carbocycles. The molecule has 124 valence electrons. The number of thioether (sulfide) groups is 1. The summed E-state index contributed by atoms with van der Waals surface area (Å²) in [5.41, 5.74) is 3.01. The van der Waals surface area contributed by atoms with E-state index in [0.29, 0.717) is 24.8 Å². The Kier molecular flexibility index (Phi) is 4.92. The number of carbonyl (C=O) groups is 2. The van der Waals surface area contributed by atoms with Crippen molar-refractivity contribution in [3.8, 4) is 0 Å². The maximum atomic E-state index is 12.6. The third kappa shape index (κ3) is 3.53. The molecule has 2 heterocycles. The first kappa shape index (κ1) is 16.3. The Morgan fingerprint density at radius 2 is 2.17 bits per heavy atom. The van der Waals surface area contributed by atoms with Gasteiger partial charge in [0.05, 0.1) is 18.4 Å². The molecule has 3 rings (SSSR count). The van der Waals surface area contributed by atoms with Crippen LogP contribution in [0.5, 0.6) is 0 Å². The van der Waals surface area contributed by atoms with Crippen molar-refractivity contribution >= 4 is 29.3 Å². The number of nitrogens with zero attached hydrogens (tertiary/aromatic N) is 1. The van der Waals surface area contributed by atoms with Gasteiger partial charge >= 0.3 is 0 Å². The van der Waals surface area contributed by atoms with Gasteiger partial charge in [0.2, 0.25) is 11.8 Å². The molecule has 1 aromatic rings. The molecule has 0 unspecified atom stereocenters. The molecule has 2 saturated heterocycles. The van der Waals surface area contributed by atoms with E-state index in [0.717, 1.165) is 23.2 Å². The van der Waals surface area contributed by atoms with Crippen molar-refractivity contribution < 1.29 is 14.3 Å². The number of hydrogen-bond acceptors (Lipinski definition) is 4. The summed E-state index contributed by atoms with van der Waals surface area (Å²) in [5.74, 6) is 1.09. The molecule has 0 bridgehead atoms. The average molecular weight is 334 g/mol. The van der Waals surface area contributed by atoms with E-state index in [1.807, 2.05) is 32.0 Å². The van der Waals surface area contributed by atoms with E-state index in [1.54, 1.807) is 16.7 Å². The molecule has 2 atom stereocenters. The molecule has 2 fully saturated rings. The van der Waals surface area contributed by atoms with Gasteiger partial charge in [0.15, 0.2) is 0 Å². The Labute approximate surface area is 140 Å². The zero-order chi connectivity index (χ0) is 16.4. The third-order valence-electron chi connectivity index (χ3n) is 4.39. The van der Waals surface area contributed by atoms with E-state index in [2.05, 4.69) is 5.32 Å². The summed E-state index contributed by atoms with van der Waals surface area (Å²) in [5, 5.41) is 2.98. The molecule has 6 heteroatoms. The Morgan fingerprint density at radius 3 is 2.87 bits per heavy atom. The standard InChI is InChI=1S/C17H22N2O3S/c1-11-3-4-14(12(2)7-11)18-16(20)15-9-23-10-19(15)17(21)13-5-6-22-8-13/h3-4,7,13,15H,5-6,8-10H2,1-2H3,(H,18,20)/t13-,15+/m1/s1. The summed E-state index contributed by atoms with van der Waals surface area (Å²) >= 11 is 1.63. The molecule has 2 aliphatic heterocycles. The number of anilines is 1. The molecule has 0 radical (unpaired) electrons. The van der Waals surface area contributed by atoms with Gasteiger partial charge in [-0.05, 0) is 31.9 Å². The maximum absolute atomic E-state index is 12.6. The van der Waals surface area contributed by atoms with E-state index in [-0.39, 0.29) is 17.7 Å². The number of carbonyl (C=O) groups excluding carboxylic acids is 2. The van der Waals surface area contributed by atoms with Gasteiger partial charge in [0.1, 0.15) is 6.04 Å². The molecule has 0 spiro atoms. The minimum absolute atomic E-state index is 0.0493. The Bertz CT molecular complexity index is 614. The SMILES string of the molecule is Cc1ccc(NC(=O)[C@@H]2CSCN2C(=O)[C@@H]2CCOC2)c(C)c1. The van der Waals surface area contributed by atoms with E-state index >= 15 is 0 Å². The van der Waals surface area contributed by atoms with Crippen LogP contribution < -0.4 is 5.32 Å². The van der Waals surface area contributed by atoms with Gasteiger partial charge in [0.25, 0.3) is 0 Å². The zero-order valence-corrected chi connectivity index (χ0v) is 14.3. The van der Waals surface area contributed by atoms with Crippen molar-refractivity contribution in [3.05, 3.63) is 29.3 Å². The minimum atomic E-state index is -0.395. The second-order valence-corrected chi connectivity index (χ2v) is 7.19. The second kappa shape index (κ2) is 6.93. The normalized spacial score (nSPS) is 24.0. The van der Waals surface area contributed by atoms with Gasteiger partial charge < -0.3 is 15.0 Å². The number of rotatable bonds is 3. The van der Waals surface area contributed by atoms with Crippen LogP contribution in [0.1, 0.15) is 17.5 Å². The van der Waals surface area contributed by atoms with Crippen molar-refractivity contribution in [1.82, 2.24) is 4.90 Å². The van der Waals surface area contributed by atoms with Crippen LogP contribution in [0.3, 0.4) is 0 Å². The first-order valence-corrected chi connectivity index (χ1v) is 9.06. The zero-order valence-electron chi connectivity index (χ0n) is 13.5. The van der Waals surface area contributed by atoms with Crippen LogP contribution in [-0.2, 0) is 14.3 Å². The second-order valence-electron chi connectivity index (χ2n) is 6.19. The van der Waals surface area contributed by atoms with E-state index in [4.69, 9.17) is 4.74 Å². The predicted octanol–water partition coefficient (Wildman–Crippen LogP) is 2.18. The van der Waals surface area contributed by atoms with Gasteiger partial charge in [-0.1, -0.05) is 17.7 Å². The smallest absolute Gasteiger partial charge is 0.248 e. The first-order chi connectivity index (χ1) is 11.1. The van der Waals surface area contributed by atoms with Gasteiger partial charge in [-0.2, -0.15) is 0 Å². The lowest BCUT2D eigenvalue weighted by molar-refractivity contribution is -0.139. The molecule has 2 amide bonds. The highest BCUT2D eigenvalue weighted by Crippen LogP contribution is 2.27. The van der Waals surface area contributed by atoms with E-state index in [1.165, 1.54) is 0 Å². The van der Waals surface area contributed by atoms with Crippen LogP contribution >= 0.6 is 11.8 Å². The summed E-state index contributed by atoms with van der Waals surface area (Å²) in [6.07, 6.45) is 0.755. The fourth-order valence-electron chi connectivity index (χ4n) is 3.01. The Hall–Kier alpha value is -1.53. The summed E-state index contributed by atoms with van der Waals surface area (Å²) < 4.78 is 5.30. The van der Waals surface area contributed by atoms with Crippen LogP contribution in [-0.4, -0.2) is 47.6 Å². The number of ether oxygens (including phenoxy) is 1. The molecule has 0 aromatic heterocycles. The summed E-state index contributed by atoms with van der Waals surface area (Å²) in [4.78, 5) is 26.9. The highest BCUT2D eigenvalue weighted by Gasteiger charge is 2.38. The lowest BCUT2D eigenvalue weighted by Gasteiger charge is -2.25. The van der Waals surface area contributed by atoms with Gasteiger partial charge in [-0.3, -0.25) is 9.59 Å². The van der Waals surface area contributed by atoms with Crippen molar-refractivity contribution in [1.29, 1.82) is 0 Å². The number of nitrogens with one attached hydrogen (secondary N) is 1. The number of amides is 2. The molecular weight excluding hydrogens is 312 g/mol. The number of aryl methyl sites for hydroxylation is 2. The monoisotopic (exact) mass is 334 g/mol. The Balaban J connectivity index is 1.69. The van der Waals surface area contributed by atoms with Crippen LogP contribution in [0, 0.1) is 19.8 Å². The predicted molar refractivity (Wildman–Crippen MR) is 91.4 cm³/mol. The maximum Gasteiger partial charge on any atom is 0.248 e. The summed E-state index contributed by atoms with van der Waals surface area (Å²) in [7, 11) is 0. The lowest BCUT2D eigenvalue weighted by atomic mass is 10.1. The molecule has 23 heavy (non-hydrogen) atoms. The number of benzene rings is 1. The van der Waals surface area contributed by atoms with Crippen LogP contribution in [0.25, 0.3) is 0 Å². The molecule has 0 aliphatic carbocycles. The van der Waals surface area contributed by atoms with Crippen LogP contribution in [0.2, 0.25) is 0 Å². The first-order valence-electron chi connectivity index (χ1n) is 7.90. The van der Waals surface area contributed by atoms with Crippen molar-refractivity contribution in [2.24, 2.45) is 5.92 Å². The van der Waals surface area contributed by atoms with Gasteiger partial charge in [-0.15, -0.1) is 11.8 Å². The van der Waals surface area contributed by atoms with Gasteiger partial charge in [0, 0.05) is 18.0 Å². The highest BCUT2D eigenvalue weighted by atomic mass is 32.2. The fraction of sp³-hybridized carbons (Fsp3) is 0.529. The van der Waals surface area contributed by atoms with Crippen molar-refractivity contribution in [2.45, 2.75) is 26.3 Å². The van der Waals surface area contributed by atoms with Crippen LogP contribution in [0.15, 0.2) is 18.2 Å². The quantitative estimate of drug-likeness (QED) is 0.920. The molecular formula is C17H22N2O3S. The highest BCUT2D eigenvalue weighted by molar-refractivity contribution is 7.99. The van der Waals surface area contributed by atoms with E-state index in [9.17, 15) is 9.59 Å².